The van der Waals surface area contributed by atoms with E-state index in [9.17, 15) is 9.59 Å². The maximum atomic E-state index is 13.1. The van der Waals surface area contributed by atoms with E-state index in [4.69, 9.17) is 4.74 Å². The third kappa shape index (κ3) is 6.90. The zero-order chi connectivity index (χ0) is 21.9. The summed E-state index contributed by atoms with van der Waals surface area (Å²) in [6, 6.07) is 17.0. The summed E-state index contributed by atoms with van der Waals surface area (Å²) in [4.78, 5) is 27.4. The quantitative estimate of drug-likeness (QED) is 0.592. The van der Waals surface area contributed by atoms with E-state index in [0.717, 1.165) is 12.0 Å². The molecule has 0 spiro atoms. The van der Waals surface area contributed by atoms with Crippen LogP contribution in [0.15, 0.2) is 54.6 Å². The molecule has 0 heterocycles. The molecule has 2 aromatic rings. The topological polar surface area (TPSA) is 58.6 Å². The van der Waals surface area contributed by atoms with Gasteiger partial charge in [0.1, 0.15) is 11.8 Å². The first-order valence-electron chi connectivity index (χ1n) is 10.8. The van der Waals surface area contributed by atoms with Gasteiger partial charge in [0.05, 0.1) is 0 Å². The van der Waals surface area contributed by atoms with Crippen molar-refractivity contribution in [2.75, 3.05) is 13.2 Å². The summed E-state index contributed by atoms with van der Waals surface area (Å²) in [5.74, 6) is 0.764. The van der Waals surface area contributed by atoms with E-state index in [0.29, 0.717) is 31.2 Å². The zero-order valence-corrected chi connectivity index (χ0v) is 18.6. The van der Waals surface area contributed by atoms with E-state index in [2.05, 4.69) is 19.2 Å². The highest BCUT2D eigenvalue weighted by atomic mass is 16.5. The molecule has 0 aromatic heterocycles. The number of carbonyl (C=O) groups excluding carboxylic acids is 2. The van der Waals surface area contributed by atoms with Crippen LogP contribution in [0.1, 0.15) is 57.6 Å². The Morgan fingerprint density at radius 1 is 1.00 bits per heavy atom. The molecule has 0 saturated carbocycles. The zero-order valence-electron chi connectivity index (χ0n) is 18.6. The average Bonchev–Trinajstić information content (AvgIpc) is 2.76. The number of nitrogens with one attached hydrogen (secondary N) is 1. The molecule has 162 valence electrons. The Balaban J connectivity index is 2.13. The molecule has 5 heteroatoms. The highest BCUT2D eigenvalue weighted by Crippen LogP contribution is 2.19. The van der Waals surface area contributed by atoms with Gasteiger partial charge in [-0.2, -0.15) is 0 Å². The summed E-state index contributed by atoms with van der Waals surface area (Å²) in [6.45, 7) is 9.06. The number of carbonyl (C=O) groups is 2. The normalized spacial score (nSPS) is 11.8. The smallest absolute Gasteiger partial charge is 0.261 e. The number of amides is 2. The minimum Gasteiger partial charge on any atom is -0.484 e. The fourth-order valence-electron chi connectivity index (χ4n) is 3.24. The Labute approximate surface area is 180 Å². The van der Waals surface area contributed by atoms with Crippen LogP contribution in [-0.4, -0.2) is 35.9 Å². The summed E-state index contributed by atoms with van der Waals surface area (Å²) < 4.78 is 5.75. The molecule has 0 saturated heterocycles. The van der Waals surface area contributed by atoms with Crippen molar-refractivity contribution < 1.29 is 14.3 Å². The second kappa shape index (κ2) is 12.0. The molecule has 2 amide bonds. The minimum atomic E-state index is -0.531. The number of benzene rings is 2. The van der Waals surface area contributed by atoms with E-state index < -0.39 is 6.04 Å². The van der Waals surface area contributed by atoms with E-state index >= 15 is 0 Å². The Morgan fingerprint density at radius 2 is 1.67 bits per heavy atom. The van der Waals surface area contributed by atoms with Crippen molar-refractivity contribution in [2.24, 2.45) is 0 Å². The SMILES string of the molecule is CCCNC(=O)C(CC)N(Cc1ccccc1)C(=O)COc1ccc(C(C)C)cc1. The van der Waals surface area contributed by atoms with Gasteiger partial charge in [0.25, 0.3) is 5.91 Å². The third-order valence-corrected chi connectivity index (χ3v) is 5.04. The molecular weight excluding hydrogens is 376 g/mol. The van der Waals surface area contributed by atoms with E-state index in [1.54, 1.807) is 4.90 Å². The maximum Gasteiger partial charge on any atom is 0.261 e. The number of nitrogens with zero attached hydrogens (tertiary/aromatic N) is 1. The summed E-state index contributed by atoms with van der Waals surface area (Å²) >= 11 is 0. The number of hydrogen-bond acceptors (Lipinski definition) is 3. The lowest BCUT2D eigenvalue weighted by Crippen LogP contribution is -2.50. The van der Waals surface area contributed by atoms with Gasteiger partial charge in [0.2, 0.25) is 5.91 Å². The lowest BCUT2D eigenvalue weighted by molar-refractivity contribution is -0.143. The van der Waals surface area contributed by atoms with Crippen molar-refractivity contribution >= 4 is 11.8 Å². The van der Waals surface area contributed by atoms with E-state index in [1.165, 1.54) is 5.56 Å². The first-order chi connectivity index (χ1) is 14.5. The van der Waals surface area contributed by atoms with Gasteiger partial charge in [-0.1, -0.05) is 70.2 Å². The third-order valence-electron chi connectivity index (χ3n) is 5.04. The van der Waals surface area contributed by atoms with Gasteiger partial charge in [-0.05, 0) is 42.0 Å². The van der Waals surface area contributed by atoms with Crippen LogP contribution in [0.4, 0.5) is 0 Å². The summed E-state index contributed by atoms with van der Waals surface area (Å²) in [5.41, 5.74) is 2.20. The van der Waals surface area contributed by atoms with Crippen LogP contribution in [0.5, 0.6) is 5.75 Å². The molecule has 1 unspecified atom stereocenters. The predicted octanol–water partition coefficient (Wildman–Crippen LogP) is 4.52. The largest absolute Gasteiger partial charge is 0.484 e. The average molecular weight is 411 g/mol. The van der Waals surface area contributed by atoms with Crippen LogP contribution < -0.4 is 10.1 Å². The van der Waals surface area contributed by atoms with Crippen molar-refractivity contribution in [1.82, 2.24) is 10.2 Å². The summed E-state index contributed by atoms with van der Waals surface area (Å²) in [6.07, 6.45) is 1.39. The summed E-state index contributed by atoms with van der Waals surface area (Å²) in [5, 5.41) is 2.92. The van der Waals surface area contributed by atoms with E-state index in [-0.39, 0.29) is 18.4 Å². The first kappa shape index (κ1) is 23.5. The van der Waals surface area contributed by atoms with Gasteiger partial charge in [-0.3, -0.25) is 9.59 Å². The Hall–Kier alpha value is -2.82. The molecule has 0 fully saturated rings. The number of hydrogen-bond donors (Lipinski definition) is 1. The molecule has 1 N–H and O–H groups in total. The maximum absolute atomic E-state index is 13.1. The first-order valence-corrected chi connectivity index (χ1v) is 10.8. The minimum absolute atomic E-state index is 0.106. The molecule has 30 heavy (non-hydrogen) atoms. The van der Waals surface area contributed by atoms with E-state index in [1.807, 2.05) is 68.4 Å². The summed E-state index contributed by atoms with van der Waals surface area (Å²) in [7, 11) is 0. The van der Waals surface area contributed by atoms with Gasteiger partial charge in [0, 0.05) is 13.1 Å². The monoisotopic (exact) mass is 410 g/mol. The van der Waals surface area contributed by atoms with Crippen molar-refractivity contribution in [3.8, 4) is 5.75 Å². The second-order valence-corrected chi connectivity index (χ2v) is 7.73. The van der Waals surface area contributed by atoms with Crippen LogP contribution in [0.2, 0.25) is 0 Å². The predicted molar refractivity (Wildman–Crippen MR) is 120 cm³/mol. The van der Waals surface area contributed by atoms with Crippen LogP contribution in [0.25, 0.3) is 0 Å². The van der Waals surface area contributed by atoms with Gasteiger partial charge in [-0.15, -0.1) is 0 Å². The van der Waals surface area contributed by atoms with Crippen LogP contribution >= 0.6 is 0 Å². The number of rotatable bonds is 11. The standard InChI is InChI=1S/C25H34N2O3/c1-5-16-26-25(29)23(6-2)27(17-20-10-8-7-9-11-20)24(28)18-30-22-14-12-21(13-15-22)19(3)4/h7-15,19,23H,5-6,16-18H2,1-4H3,(H,26,29). The Morgan fingerprint density at radius 3 is 2.23 bits per heavy atom. The van der Waals surface area contributed by atoms with Gasteiger partial charge in [-0.25, -0.2) is 0 Å². The Kier molecular flexibility index (Phi) is 9.39. The fourth-order valence-corrected chi connectivity index (χ4v) is 3.24. The molecule has 0 aliphatic carbocycles. The van der Waals surface area contributed by atoms with Crippen LogP contribution in [0.3, 0.4) is 0 Å². The van der Waals surface area contributed by atoms with Gasteiger partial charge >= 0.3 is 0 Å². The molecule has 0 aliphatic rings. The highest BCUT2D eigenvalue weighted by molar-refractivity contribution is 5.88. The molecule has 0 aliphatic heterocycles. The van der Waals surface area contributed by atoms with Crippen molar-refractivity contribution in [1.29, 1.82) is 0 Å². The van der Waals surface area contributed by atoms with Gasteiger partial charge in [0.15, 0.2) is 6.61 Å². The molecule has 2 rings (SSSR count). The molecule has 1 atom stereocenters. The van der Waals surface area contributed by atoms with Crippen molar-refractivity contribution in [3.05, 3.63) is 65.7 Å². The number of ether oxygens (including phenoxy) is 1. The molecular formula is C25H34N2O3. The van der Waals surface area contributed by atoms with Crippen molar-refractivity contribution in [3.63, 3.8) is 0 Å². The van der Waals surface area contributed by atoms with Gasteiger partial charge < -0.3 is 15.0 Å². The lowest BCUT2D eigenvalue weighted by atomic mass is 10.0. The second-order valence-electron chi connectivity index (χ2n) is 7.73. The molecule has 0 bridgehead atoms. The Bertz CT molecular complexity index is 788. The lowest BCUT2D eigenvalue weighted by Gasteiger charge is -2.30. The molecule has 0 radical (unpaired) electrons. The molecule has 5 nitrogen and oxygen atoms in total. The van der Waals surface area contributed by atoms with Crippen molar-refractivity contribution in [2.45, 2.75) is 59.0 Å². The molecule has 2 aromatic carbocycles. The fraction of sp³-hybridized carbons (Fsp3) is 0.440. The van der Waals surface area contributed by atoms with Crippen LogP contribution in [-0.2, 0) is 16.1 Å². The van der Waals surface area contributed by atoms with Crippen LogP contribution in [0, 0.1) is 0 Å². The highest BCUT2D eigenvalue weighted by Gasteiger charge is 2.28.